The van der Waals surface area contributed by atoms with Crippen molar-refractivity contribution in [2.24, 2.45) is 4.99 Å². The Hall–Kier alpha value is -1.62. The third kappa shape index (κ3) is 3.08. The second kappa shape index (κ2) is 5.10. The maximum atomic E-state index is 5.16. The van der Waals surface area contributed by atoms with Gasteiger partial charge in [0.25, 0.3) is 0 Å². The molecular formula is C10H7NOS. The number of isothiocyanates is 1. The van der Waals surface area contributed by atoms with Gasteiger partial charge >= 0.3 is 0 Å². The van der Waals surface area contributed by atoms with E-state index >= 15 is 0 Å². The summed E-state index contributed by atoms with van der Waals surface area (Å²) in [6, 6.07) is 7.13. The van der Waals surface area contributed by atoms with Crippen LogP contribution in [0.1, 0.15) is 0 Å². The van der Waals surface area contributed by atoms with Crippen LogP contribution in [0.5, 0.6) is 5.75 Å². The molecule has 0 radical (unpaired) electrons. The Balaban J connectivity index is 2.70. The summed E-state index contributed by atoms with van der Waals surface area (Å²) in [4.78, 5) is 3.80. The van der Waals surface area contributed by atoms with Crippen LogP contribution in [-0.2, 0) is 0 Å². The molecule has 0 aliphatic heterocycles. The van der Waals surface area contributed by atoms with Gasteiger partial charge in [0.2, 0.25) is 0 Å². The van der Waals surface area contributed by atoms with Crippen molar-refractivity contribution < 1.29 is 4.74 Å². The Kier molecular flexibility index (Phi) is 3.72. The van der Waals surface area contributed by atoms with E-state index in [-0.39, 0.29) is 6.61 Å². The molecule has 2 nitrogen and oxygen atoms in total. The van der Waals surface area contributed by atoms with Gasteiger partial charge in [-0.05, 0) is 36.5 Å². The predicted molar refractivity (Wildman–Crippen MR) is 55.5 cm³/mol. The Morgan fingerprint density at radius 2 is 2.08 bits per heavy atom. The molecule has 0 amide bonds. The average molecular weight is 189 g/mol. The summed E-state index contributed by atoms with van der Waals surface area (Å²) >= 11 is 4.46. The Morgan fingerprint density at radius 1 is 1.38 bits per heavy atom. The lowest BCUT2D eigenvalue weighted by Gasteiger charge is -2.00. The summed E-state index contributed by atoms with van der Waals surface area (Å²) in [7, 11) is 0. The lowest BCUT2D eigenvalue weighted by Crippen LogP contribution is -1.92. The number of aliphatic imine (C=N–C) groups is 1. The average Bonchev–Trinajstić information content (AvgIpc) is 2.17. The molecule has 0 aliphatic carbocycles. The van der Waals surface area contributed by atoms with Crippen molar-refractivity contribution in [1.82, 2.24) is 0 Å². The van der Waals surface area contributed by atoms with E-state index in [4.69, 9.17) is 11.2 Å². The lowest BCUT2D eigenvalue weighted by atomic mass is 10.3. The molecule has 0 saturated carbocycles. The van der Waals surface area contributed by atoms with Gasteiger partial charge in [0, 0.05) is 0 Å². The fourth-order valence-electron chi connectivity index (χ4n) is 0.795. The van der Waals surface area contributed by atoms with Gasteiger partial charge in [-0.25, -0.2) is 0 Å². The van der Waals surface area contributed by atoms with Crippen LogP contribution in [0, 0.1) is 12.3 Å². The van der Waals surface area contributed by atoms with Crippen LogP contribution in [0.4, 0.5) is 5.69 Å². The van der Waals surface area contributed by atoms with Crippen LogP contribution in [0.2, 0.25) is 0 Å². The number of terminal acetylenes is 1. The molecular weight excluding hydrogens is 182 g/mol. The minimum Gasteiger partial charge on any atom is -0.481 e. The maximum Gasteiger partial charge on any atom is 0.148 e. The number of ether oxygens (including phenoxy) is 1. The molecule has 0 aliphatic rings. The first-order valence-electron chi connectivity index (χ1n) is 3.61. The molecule has 13 heavy (non-hydrogen) atoms. The molecule has 0 fully saturated rings. The van der Waals surface area contributed by atoms with Crippen molar-refractivity contribution >= 4 is 23.1 Å². The third-order valence-corrected chi connectivity index (χ3v) is 1.42. The van der Waals surface area contributed by atoms with Gasteiger partial charge in [-0.15, -0.1) is 6.42 Å². The fourth-order valence-corrected chi connectivity index (χ4v) is 0.900. The highest BCUT2D eigenvalue weighted by atomic mass is 32.1. The minimum atomic E-state index is 0.274. The van der Waals surface area contributed by atoms with Crippen LogP contribution in [-0.4, -0.2) is 11.8 Å². The molecule has 0 N–H and O–H groups in total. The monoisotopic (exact) mass is 189 g/mol. The molecule has 0 aromatic heterocycles. The molecule has 0 unspecified atom stereocenters. The normalized spacial score (nSPS) is 8.23. The van der Waals surface area contributed by atoms with Gasteiger partial charge in [0.1, 0.15) is 12.4 Å². The predicted octanol–water partition coefficient (Wildman–Crippen LogP) is 2.43. The molecule has 0 saturated heterocycles. The van der Waals surface area contributed by atoms with Crippen LogP contribution >= 0.6 is 12.2 Å². The SMILES string of the molecule is C#CCOc1ccc(N=C=S)cc1. The van der Waals surface area contributed by atoms with Crippen LogP contribution < -0.4 is 4.74 Å². The van der Waals surface area contributed by atoms with Crippen molar-refractivity contribution in [3.8, 4) is 18.1 Å². The summed E-state index contributed by atoms with van der Waals surface area (Å²) in [5.41, 5.74) is 0.753. The van der Waals surface area contributed by atoms with Crippen molar-refractivity contribution in [3.63, 3.8) is 0 Å². The van der Waals surface area contributed by atoms with E-state index < -0.39 is 0 Å². The van der Waals surface area contributed by atoms with E-state index in [0.29, 0.717) is 0 Å². The summed E-state index contributed by atoms with van der Waals surface area (Å²) in [6.45, 7) is 0.274. The van der Waals surface area contributed by atoms with Crippen molar-refractivity contribution in [3.05, 3.63) is 24.3 Å². The first-order valence-corrected chi connectivity index (χ1v) is 4.02. The molecule has 1 aromatic carbocycles. The number of benzene rings is 1. The van der Waals surface area contributed by atoms with Crippen LogP contribution in [0.3, 0.4) is 0 Å². The Bertz CT molecular complexity index is 358. The second-order valence-electron chi connectivity index (χ2n) is 2.19. The van der Waals surface area contributed by atoms with Crippen molar-refractivity contribution in [2.45, 2.75) is 0 Å². The standard InChI is InChI=1S/C10H7NOS/c1-2-7-12-10-5-3-9(4-6-10)11-8-13/h1,3-6H,7H2. The molecule has 0 atom stereocenters. The van der Waals surface area contributed by atoms with E-state index in [0.717, 1.165) is 11.4 Å². The topological polar surface area (TPSA) is 21.6 Å². The number of hydrogen-bond donors (Lipinski definition) is 0. The zero-order chi connectivity index (χ0) is 9.52. The smallest absolute Gasteiger partial charge is 0.148 e. The highest BCUT2D eigenvalue weighted by Gasteiger charge is 1.91. The zero-order valence-corrected chi connectivity index (χ0v) is 7.67. The van der Waals surface area contributed by atoms with Crippen LogP contribution in [0.15, 0.2) is 29.3 Å². The van der Waals surface area contributed by atoms with Gasteiger partial charge in [-0.2, -0.15) is 4.99 Å². The number of nitrogens with zero attached hydrogens (tertiary/aromatic N) is 1. The summed E-state index contributed by atoms with van der Waals surface area (Å²) < 4.78 is 5.16. The van der Waals surface area contributed by atoms with E-state index in [1.54, 1.807) is 24.3 Å². The second-order valence-corrected chi connectivity index (χ2v) is 2.37. The van der Waals surface area contributed by atoms with Crippen molar-refractivity contribution in [2.75, 3.05) is 6.61 Å². The summed E-state index contributed by atoms with van der Waals surface area (Å²) in [5.74, 6) is 3.10. The van der Waals surface area contributed by atoms with Crippen LogP contribution in [0.25, 0.3) is 0 Å². The van der Waals surface area contributed by atoms with Gasteiger partial charge in [-0.3, -0.25) is 0 Å². The molecule has 1 aromatic rings. The maximum absolute atomic E-state index is 5.16. The molecule has 0 bridgehead atoms. The van der Waals surface area contributed by atoms with Gasteiger partial charge in [0.15, 0.2) is 0 Å². The fraction of sp³-hybridized carbons (Fsp3) is 0.100. The highest BCUT2D eigenvalue weighted by molar-refractivity contribution is 7.78. The van der Waals surface area contributed by atoms with Gasteiger partial charge < -0.3 is 4.74 Å². The van der Waals surface area contributed by atoms with Crippen molar-refractivity contribution in [1.29, 1.82) is 0 Å². The Morgan fingerprint density at radius 3 is 2.62 bits per heavy atom. The first kappa shape index (κ1) is 9.47. The number of thiocarbonyl (C=S) groups is 1. The lowest BCUT2D eigenvalue weighted by molar-refractivity contribution is 0.370. The van der Waals surface area contributed by atoms with E-state index in [1.807, 2.05) is 0 Å². The molecule has 64 valence electrons. The summed E-state index contributed by atoms with van der Waals surface area (Å²) in [5, 5.41) is 2.28. The third-order valence-electron chi connectivity index (χ3n) is 1.33. The summed E-state index contributed by atoms with van der Waals surface area (Å²) in [6.07, 6.45) is 5.04. The first-order chi connectivity index (χ1) is 6.36. The Labute approximate surface area is 82.3 Å². The largest absolute Gasteiger partial charge is 0.481 e. The highest BCUT2D eigenvalue weighted by Crippen LogP contribution is 2.17. The van der Waals surface area contributed by atoms with E-state index in [2.05, 4.69) is 28.3 Å². The molecule has 0 heterocycles. The number of rotatable bonds is 3. The van der Waals surface area contributed by atoms with E-state index in [9.17, 15) is 0 Å². The number of hydrogen-bond acceptors (Lipinski definition) is 3. The molecule has 1 rings (SSSR count). The quantitative estimate of drug-likeness (QED) is 0.414. The van der Waals surface area contributed by atoms with Gasteiger partial charge in [-0.1, -0.05) is 5.92 Å². The zero-order valence-electron chi connectivity index (χ0n) is 6.86. The van der Waals surface area contributed by atoms with Gasteiger partial charge in [0.05, 0.1) is 10.8 Å². The molecule has 3 heteroatoms. The van der Waals surface area contributed by atoms with E-state index in [1.165, 1.54) is 0 Å². The molecule has 0 spiro atoms. The minimum absolute atomic E-state index is 0.274.